The van der Waals surface area contributed by atoms with Crippen molar-refractivity contribution in [1.82, 2.24) is 0 Å². The molecule has 0 fully saturated rings. The maximum absolute atomic E-state index is 4.32. The highest BCUT2D eigenvalue weighted by Crippen LogP contribution is 2.19. The van der Waals surface area contributed by atoms with Crippen LogP contribution in [0.4, 0.5) is 0 Å². The molecule has 1 aromatic rings. The number of halogens is 1. The van der Waals surface area contributed by atoms with Crippen LogP contribution in [-0.2, 0) is 6.42 Å². The lowest BCUT2D eigenvalue weighted by Gasteiger charge is -2.00. The second kappa shape index (κ2) is 3.44. The number of hydrogen-bond acceptors (Lipinski definition) is 1. The minimum atomic E-state index is 1.05. The van der Waals surface area contributed by atoms with Crippen LogP contribution in [0.5, 0.6) is 0 Å². The summed E-state index contributed by atoms with van der Waals surface area (Å²) in [7, 11) is 0. The third-order valence-corrected chi connectivity index (χ3v) is 2.34. The van der Waals surface area contributed by atoms with Crippen molar-refractivity contribution >= 4 is 28.6 Å². The Balaban J connectivity index is 3.07. The summed E-state index contributed by atoms with van der Waals surface area (Å²) in [4.78, 5) is 1.07. The molecular weight excluding hydrogens is 208 g/mol. The molecule has 0 aliphatic carbocycles. The molecule has 0 heterocycles. The molecule has 0 nitrogen and oxygen atoms in total. The Morgan fingerprint density at radius 1 is 1.50 bits per heavy atom. The average Bonchev–Trinajstić information content (AvgIpc) is 1.88. The minimum Gasteiger partial charge on any atom is -0.143 e. The van der Waals surface area contributed by atoms with Gasteiger partial charge in [0, 0.05) is 9.37 Å². The van der Waals surface area contributed by atoms with Crippen LogP contribution >= 0.6 is 28.6 Å². The van der Waals surface area contributed by atoms with Gasteiger partial charge in [0.1, 0.15) is 0 Å². The lowest BCUT2D eigenvalue weighted by atomic mass is 10.2. The molecule has 1 rings (SSSR count). The van der Waals surface area contributed by atoms with E-state index in [1.165, 1.54) is 5.56 Å². The highest BCUT2D eigenvalue weighted by Gasteiger charge is 1.95. The third-order valence-electron chi connectivity index (χ3n) is 1.43. The second-order valence-corrected chi connectivity index (χ2v) is 3.52. The first kappa shape index (κ1) is 8.15. The van der Waals surface area contributed by atoms with Crippen molar-refractivity contribution in [3.05, 3.63) is 28.2 Å². The summed E-state index contributed by atoms with van der Waals surface area (Å²) in [6.07, 6.45) is 1.05. The van der Waals surface area contributed by atoms with Crippen molar-refractivity contribution in [3.63, 3.8) is 0 Å². The number of aryl methyl sites for hydroxylation is 1. The fourth-order valence-corrected chi connectivity index (χ4v) is 1.75. The molecule has 2 heteroatoms. The Bertz CT molecular complexity index is 233. The smallest absolute Gasteiger partial charge is 0.0186 e. The molecule has 1 aromatic carbocycles. The Morgan fingerprint density at radius 2 is 2.20 bits per heavy atom. The van der Waals surface area contributed by atoms with Gasteiger partial charge < -0.3 is 0 Å². The predicted octanol–water partition coefficient (Wildman–Crippen LogP) is 3.30. The molecule has 0 saturated heterocycles. The number of thiol groups is 1. The summed E-state index contributed by atoms with van der Waals surface area (Å²) in [5.41, 5.74) is 1.30. The van der Waals surface area contributed by atoms with Crippen LogP contribution in [0.2, 0.25) is 0 Å². The van der Waals surface area contributed by atoms with Gasteiger partial charge in [-0.25, -0.2) is 0 Å². The Labute approximate surface area is 75.2 Å². The van der Waals surface area contributed by atoms with E-state index in [9.17, 15) is 0 Å². The van der Waals surface area contributed by atoms with Crippen LogP contribution in [0.1, 0.15) is 12.5 Å². The maximum atomic E-state index is 4.32. The summed E-state index contributed by atoms with van der Waals surface area (Å²) in [6.45, 7) is 2.13. The van der Waals surface area contributed by atoms with Crippen molar-refractivity contribution in [2.24, 2.45) is 0 Å². The maximum Gasteiger partial charge on any atom is 0.0186 e. The molecule has 54 valence electrons. The van der Waals surface area contributed by atoms with Crippen molar-refractivity contribution in [3.8, 4) is 0 Å². The quantitative estimate of drug-likeness (QED) is 0.685. The van der Waals surface area contributed by atoms with Gasteiger partial charge in [0.2, 0.25) is 0 Å². The topological polar surface area (TPSA) is 0 Å². The Kier molecular flexibility index (Phi) is 2.81. The number of rotatable bonds is 1. The van der Waals surface area contributed by atoms with E-state index in [1.54, 1.807) is 0 Å². The Hall–Kier alpha value is 0.0500. The standard InChI is InChI=1S/C8H9BrS/c1-2-6-3-4-7(9)5-8(6)10/h3-5,10H,2H2,1H3. The van der Waals surface area contributed by atoms with Gasteiger partial charge in [-0.15, -0.1) is 12.6 Å². The zero-order valence-corrected chi connectivity index (χ0v) is 8.24. The minimum absolute atomic E-state index is 1.05. The summed E-state index contributed by atoms with van der Waals surface area (Å²) in [5.74, 6) is 0. The first-order valence-electron chi connectivity index (χ1n) is 3.21. The molecule has 0 amide bonds. The van der Waals surface area contributed by atoms with Crippen LogP contribution in [0.25, 0.3) is 0 Å². The van der Waals surface area contributed by atoms with Crippen LogP contribution in [-0.4, -0.2) is 0 Å². The van der Waals surface area contributed by atoms with E-state index in [2.05, 4.69) is 41.5 Å². The fraction of sp³-hybridized carbons (Fsp3) is 0.250. The van der Waals surface area contributed by atoms with Gasteiger partial charge in [-0.3, -0.25) is 0 Å². The van der Waals surface area contributed by atoms with E-state index in [4.69, 9.17) is 0 Å². The molecular formula is C8H9BrS. The van der Waals surface area contributed by atoms with Crippen LogP contribution in [0.3, 0.4) is 0 Å². The monoisotopic (exact) mass is 216 g/mol. The van der Waals surface area contributed by atoms with E-state index in [0.717, 1.165) is 15.8 Å². The van der Waals surface area contributed by atoms with E-state index >= 15 is 0 Å². The Morgan fingerprint density at radius 3 is 2.70 bits per heavy atom. The number of benzene rings is 1. The normalized spacial score (nSPS) is 9.90. The first-order valence-corrected chi connectivity index (χ1v) is 4.45. The van der Waals surface area contributed by atoms with E-state index in [0.29, 0.717) is 0 Å². The molecule has 10 heavy (non-hydrogen) atoms. The summed E-state index contributed by atoms with van der Waals surface area (Å²) >= 11 is 7.69. The zero-order chi connectivity index (χ0) is 7.56. The molecule has 0 bridgehead atoms. The van der Waals surface area contributed by atoms with E-state index in [-0.39, 0.29) is 0 Å². The van der Waals surface area contributed by atoms with Gasteiger partial charge in [-0.2, -0.15) is 0 Å². The zero-order valence-electron chi connectivity index (χ0n) is 5.76. The first-order chi connectivity index (χ1) is 4.74. The average molecular weight is 217 g/mol. The fourth-order valence-electron chi connectivity index (χ4n) is 0.836. The molecule has 0 aromatic heterocycles. The number of hydrogen-bond donors (Lipinski definition) is 1. The molecule has 0 aliphatic rings. The molecule has 0 radical (unpaired) electrons. The molecule has 0 unspecified atom stereocenters. The van der Waals surface area contributed by atoms with Gasteiger partial charge in [-0.05, 0) is 24.1 Å². The molecule has 0 atom stereocenters. The van der Waals surface area contributed by atoms with Crippen molar-refractivity contribution in [1.29, 1.82) is 0 Å². The van der Waals surface area contributed by atoms with Crippen molar-refractivity contribution in [2.75, 3.05) is 0 Å². The summed E-state index contributed by atoms with van der Waals surface area (Å²) in [6, 6.07) is 6.15. The van der Waals surface area contributed by atoms with Crippen molar-refractivity contribution in [2.45, 2.75) is 18.2 Å². The van der Waals surface area contributed by atoms with Crippen molar-refractivity contribution < 1.29 is 0 Å². The largest absolute Gasteiger partial charge is 0.143 e. The van der Waals surface area contributed by atoms with Crippen LogP contribution < -0.4 is 0 Å². The highest BCUT2D eigenvalue weighted by atomic mass is 79.9. The second-order valence-electron chi connectivity index (χ2n) is 2.13. The SMILES string of the molecule is CCc1ccc(Br)cc1S. The lowest BCUT2D eigenvalue weighted by molar-refractivity contribution is 1.08. The highest BCUT2D eigenvalue weighted by molar-refractivity contribution is 9.10. The van der Waals surface area contributed by atoms with Gasteiger partial charge >= 0.3 is 0 Å². The van der Waals surface area contributed by atoms with Crippen LogP contribution in [0, 0.1) is 0 Å². The molecule has 0 aliphatic heterocycles. The van der Waals surface area contributed by atoms with Gasteiger partial charge in [-0.1, -0.05) is 28.9 Å². The van der Waals surface area contributed by atoms with Gasteiger partial charge in [0.05, 0.1) is 0 Å². The van der Waals surface area contributed by atoms with Gasteiger partial charge in [0.25, 0.3) is 0 Å². The van der Waals surface area contributed by atoms with E-state index < -0.39 is 0 Å². The van der Waals surface area contributed by atoms with Crippen LogP contribution in [0.15, 0.2) is 27.6 Å². The third kappa shape index (κ3) is 1.77. The van der Waals surface area contributed by atoms with E-state index in [1.807, 2.05) is 12.1 Å². The molecule has 0 saturated carbocycles. The predicted molar refractivity (Wildman–Crippen MR) is 50.8 cm³/mol. The lowest BCUT2D eigenvalue weighted by Crippen LogP contribution is -1.81. The van der Waals surface area contributed by atoms with Gasteiger partial charge in [0.15, 0.2) is 0 Å². The summed E-state index contributed by atoms with van der Waals surface area (Å²) < 4.78 is 1.09. The summed E-state index contributed by atoms with van der Waals surface area (Å²) in [5, 5.41) is 0. The molecule has 0 N–H and O–H groups in total. The molecule has 0 spiro atoms.